The highest BCUT2D eigenvalue weighted by Gasteiger charge is 2.15. The predicted octanol–water partition coefficient (Wildman–Crippen LogP) is 3.64. The van der Waals surface area contributed by atoms with E-state index >= 15 is 0 Å². The van der Waals surface area contributed by atoms with Crippen LogP contribution in [0.2, 0.25) is 0 Å². The Morgan fingerprint density at radius 3 is 2.80 bits per heavy atom. The molecular formula is C14H19N. The van der Waals surface area contributed by atoms with Crippen LogP contribution >= 0.6 is 0 Å². The van der Waals surface area contributed by atoms with Crippen molar-refractivity contribution in [2.24, 2.45) is 5.92 Å². The Morgan fingerprint density at radius 2 is 2.07 bits per heavy atom. The highest BCUT2D eigenvalue weighted by Crippen LogP contribution is 2.34. The zero-order chi connectivity index (χ0) is 10.8. The molecule has 0 fully saturated rings. The molecule has 0 aliphatic heterocycles. The van der Waals surface area contributed by atoms with Crippen molar-refractivity contribution in [2.45, 2.75) is 33.1 Å². The van der Waals surface area contributed by atoms with E-state index < -0.39 is 0 Å². The molecule has 0 atom stereocenters. The second kappa shape index (κ2) is 4.09. The maximum atomic E-state index is 6.01. The van der Waals surface area contributed by atoms with Gasteiger partial charge >= 0.3 is 0 Å². The number of nitrogen functional groups attached to an aromatic ring is 1. The van der Waals surface area contributed by atoms with Crippen molar-refractivity contribution in [3.8, 4) is 0 Å². The minimum Gasteiger partial charge on any atom is -0.398 e. The molecule has 0 amide bonds. The topological polar surface area (TPSA) is 26.0 Å². The molecule has 1 heteroatoms. The van der Waals surface area contributed by atoms with Crippen LogP contribution < -0.4 is 5.73 Å². The van der Waals surface area contributed by atoms with Crippen molar-refractivity contribution >= 4 is 11.3 Å². The van der Waals surface area contributed by atoms with Gasteiger partial charge in [-0.1, -0.05) is 32.1 Å². The Kier molecular flexibility index (Phi) is 2.81. The first-order chi connectivity index (χ1) is 7.18. The molecule has 1 aliphatic carbocycles. The fourth-order valence-corrected chi connectivity index (χ4v) is 2.35. The summed E-state index contributed by atoms with van der Waals surface area (Å²) in [5.74, 6) is 0.618. The number of rotatable bonds is 1. The Balaban J connectivity index is 2.47. The third-order valence-electron chi connectivity index (χ3n) is 2.97. The van der Waals surface area contributed by atoms with Crippen molar-refractivity contribution in [1.82, 2.24) is 0 Å². The lowest BCUT2D eigenvalue weighted by atomic mass is 9.85. The molecule has 2 N–H and O–H groups in total. The smallest absolute Gasteiger partial charge is 0.0352 e. The van der Waals surface area contributed by atoms with Gasteiger partial charge in [-0.15, -0.1) is 0 Å². The van der Waals surface area contributed by atoms with E-state index in [4.69, 9.17) is 5.73 Å². The lowest BCUT2D eigenvalue weighted by Gasteiger charge is -2.21. The second-order valence-corrected chi connectivity index (χ2v) is 4.66. The number of hydrogen-bond acceptors (Lipinski definition) is 1. The van der Waals surface area contributed by atoms with Crippen molar-refractivity contribution in [2.75, 3.05) is 5.73 Å². The molecule has 2 rings (SSSR count). The van der Waals surface area contributed by atoms with E-state index in [1.165, 1.54) is 29.5 Å². The van der Waals surface area contributed by atoms with Crippen LogP contribution in [0.25, 0.3) is 5.57 Å². The molecule has 1 aromatic carbocycles. The SMILES string of the molecule is CC(C)/C=C1\CCCc2c(N)cccc21. The molecule has 15 heavy (non-hydrogen) atoms. The van der Waals surface area contributed by atoms with Crippen LogP contribution in [0.15, 0.2) is 24.3 Å². The van der Waals surface area contributed by atoms with Gasteiger partial charge in [-0.05, 0) is 47.9 Å². The van der Waals surface area contributed by atoms with Crippen LogP contribution in [-0.2, 0) is 6.42 Å². The van der Waals surface area contributed by atoms with Crippen molar-refractivity contribution < 1.29 is 0 Å². The highest BCUT2D eigenvalue weighted by molar-refractivity contribution is 5.74. The molecule has 1 aliphatic rings. The summed E-state index contributed by atoms with van der Waals surface area (Å²) < 4.78 is 0. The molecule has 0 bridgehead atoms. The van der Waals surface area contributed by atoms with Gasteiger partial charge in [-0.3, -0.25) is 0 Å². The minimum absolute atomic E-state index is 0.618. The van der Waals surface area contributed by atoms with Gasteiger partial charge in [0.1, 0.15) is 0 Å². The van der Waals surface area contributed by atoms with Crippen molar-refractivity contribution in [3.05, 3.63) is 35.4 Å². The Bertz CT molecular complexity index is 388. The van der Waals surface area contributed by atoms with Gasteiger partial charge in [-0.25, -0.2) is 0 Å². The third-order valence-corrected chi connectivity index (χ3v) is 2.97. The van der Waals surface area contributed by atoms with Crippen molar-refractivity contribution in [3.63, 3.8) is 0 Å². The zero-order valence-corrected chi connectivity index (χ0v) is 9.59. The Labute approximate surface area is 92.0 Å². The average molecular weight is 201 g/mol. The van der Waals surface area contributed by atoms with Crippen LogP contribution in [0, 0.1) is 5.92 Å². The lowest BCUT2D eigenvalue weighted by molar-refractivity contribution is 0.793. The van der Waals surface area contributed by atoms with E-state index in [0.29, 0.717) is 5.92 Å². The fourth-order valence-electron chi connectivity index (χ4n) is 2.35. The normalized spacial score (nSPS) is 18.2. The van der Waals surface area contributed by atoms with Gasteiger partial charge in [-0.2, -0.15) is 0 Å². The van der Waals surface area contributed by atoms with Crippen LogP contribution in [0.3, 0.4) is 0 Å². The van der Waals surface area contributed by atoms with E-state index in [2.05, 4.69) is 32.1 Å². The molecule has 1 aromatic rings. The monoisotopic (exact) mass is 201 g/mol. The summed E-state index contributed by atoms with van der Waals surface area (Å²) in [6, 6.07) is 6.28. The largest absolute Gasteiger partial charge is 0.398 e. The average Bonchev–Trinajstić information content (AvgIpc) is 2.19. The quantitative estimate of drug-likeness (QED) is 0.690. The summed E-state index contributed by atoms with van der Waals surface area (Å²) in [5.41, 5.74) is 11.2. The van der Waals surface area contributed by atoms with Gasteiger partial charge in [0, 0.05) is 5.69 Å². The molecule has 80 valence electrons. The standard InChI is InChI=1S/C14H19N/c1-10(2)9-11-5-3-7-13-12(11)6-4-8-14(13)15/h4,6,8-10H,3,5,7,15H2,1-2H3/b11-9+. The molecular weight excluding hydrogens is 182 g/mol. The van der Waals surface area contributed by atoms with Crippen LogP contribution in [-0.4, -0.2) is 0 Å². The molecule has 0 aromatic heterocycles. The molecule has 0 saturated heterocycles. The molecule has 0 spiro atoms. The van der Waals surface area contributed by atoms with E-state index in [1.807, 2.05) is 6.07 Å². The summed E-state index contributed by atoms with van der Waals surface area (Å²) in [6.07, 6.45) is 5.95. The van der Waals surface area contributed by atoms with Gasteiger partial charge in [0.15, 0.2) is 0 Å². The maximum absolute atomic E-state index is 6.01. The lowest BCUT2D eigenvalue weighted by Crippen LogP contribution is -2.06. The molecule has 0 heterocycles. The first-order valence-electron chi connectivity index (χ1n) is 5.77. The molecule has 0 unspecified atom stereocenters. The van der Waals surface area contributed by atoms with Gasteiger partial charge in [0.2, 0.25) is 0 Å². The number of hydrogen-bond donors (Lipinski definition) is 1. The fraction of sp³-hybridized carbons (Fsp3) is 0.429. The molecule has 0 radical (unpaired) electrons. The zero-order valence-electron chi connectivity index (χ0n) is 9.59. The van der Waals surface area contributed by atoms with Crippen LogP contribution in [0.5, 0.6) is 0 Å². The Morgan fingerprint density at radius 1 is 1.27 bits per heavy atom. The van der Waals surface area contributed by atoms with E-state index in [1.54, 1.807) is 0 Å². The first kappa shape index (κ1) is 10.3. The third kappa shape index (κ3) is 2.06. The van der Waals surface area contributed by atoms with Gasteiger partial charge in [0.05, 0.1) is 0 Å². The van der Waals surface area contributed by atoms with Gasteiger partial charge in [0.25, 0.3) is 0 Å². The van der Waals surface area contributed by atoms with E-state index in [-0.39, 0.29) is 0 Å². The second-order valence-electron chi connectivity index (χ2n) is 4.66. The van der Waals surface area contributed by atoms with Crippen LogP contribution in [0.1, 0.15) is 37.8 Å². The summed E-state index contributed by atoms with van der Waals surface area (Å²) >= 11 is 0. The number of allylic oxidation sites excluding steroid dienone is 2. The number of fused-ring (bicyclic) bond motifs is 1. The van der Waals surface area contributed by atoms with Crippen molar-refractivity contribution in [1.29, 1.82) is 0 Å². The summed E-state index contributed by atoms with van der Waals surface area (Å²) in [7, 11) is 0. The molecule has 0 saturated carbocycles. The highest BCUT2D eigenvalue weighted by atomic mass is 14.6. The summed E-state index contributed by atoms with van der Waals surface area (Å²) in [6.45, 7) is 4.46. The first-order valence-corrected chi connectivity index (χ1v) is 5.77. The summed E-state index contributed by atoms with van der Waals surface area (Å²) in [5, 5.41) is 0. The van der Waals surface area contributed by atoms with Crippen LogP contribution in [0.4, 0.5) is 5.69 Å². The van der Waals surface area contributed by atoms with E-state index in [9.17, 15) is 0 Å². The summed E-state index contributed by atoms with van der Waals surface area (Å²) in [4.78, 5) is 0. The number of nitrogens with two attached hydrogens (primary N) is 1. The molecule has 1 nitrogen and oxygen atoms in total. The van der Waals surface area contributed by atoms with Gasteiger partial charge < -0.3 is 5.73 Å². The number of benzene rings is 1. The minimum atomic E-state index is 0.618. The number of anilines is 1. The Hall–Kier alpha value is -1.24. The maximum Gasteiger partial charge on any atom is 0.0352 e. The predicted molar refractivity (Wildman–Crippen MR) is 66.6 cm³/mol. The van der Waals surface area contributed by atoms with E-state index in [0.717, 1.165) is 12.1 Å².